The first-order chi connectivity index (χ1) is 17.1. The monoisotopic (exact) mass is 465 g/mol. The molecule has 1 unspecified atom stereocenters. The molecule has 7 nitrogen and oxygen atoms in total. The second kappa shape index (κ2) is 8.85. The highest BCUT2D eigenvalue weighted by molar-refractivity contribution is 5.80. The van der Waals surface area contributed by atoms with Crippen LogP contribution in [-0.4, -0.2) is 21.5 Å². The number of imidazole rings is 1. The molecule has 0 spiro atoms. The van der Waals surface area contributed by atoms with Gasteiger partial charge in [0.15, 0.2) is 0 Å². The normalized spacial score (nSPS) is 15.9. The molecule has 0 bridgehead atoms. The summed E-state index contributed by atoms with van der Waals surface area (Å²) in [5, 5.41) is 10.9. The Hall–Kier alpha value is -4.23. The standard InChI is InChI=1S/C28H23N3O4/c32-31(33)22-11-8-19(9-12-22)27-15-14-26(35-27)18-4-6-20(7-5-18)28-29-23-13-10-21(17-24(23)30-28)25-3-1-2-16-34-25/h4-15,17,25H,1-3,16H2,(H,29,30). The first kappa shape index (κ1) is 21.3. The molecule has 5 aromatic rings. The van der Waals surface area contributed by atoms with Gasteiger partial charge in [0.25, 0.3) is 5.69 Å². The third-order valence-electron chi connectivity index (χ3n) is 6.47. The number of aromatic amines is 1. The average Bonchev–Trinajstić information content (AvgIpc) is 3.57. The van der Waals surface area contributed by atoms with E-state index in [1.54, 1.807) is 12.1 Å². The Morgan fingerprint density at radius 1 is 0.857 bits per heavy atom. The predicted molar refractivity (Wildman–Crippen MR) is 134 cm³/mol. The van der Waals surface area contributed by atoms with Gasteiger partial charge in [0, 0.05) is 35.4 Å². The molecule has 174 valence electrons. The van der Waals surface area contributed by atoms with Gasteiger partial charge in [-0.2, -0.15) is 0 Å². The summed E-state index contributed by atoms with van der Waals surface area (Å²) in [5.41, 5.74) is 5.91. The topological polar surface area (TPSA) is 94.2 Å². The number of nitro groups is 1. The zero-order valence-electron chi connectivity index (χ0n) is 18.9. The van der Waals surface area contributed by atoms with Crippen molar-refractivity contribution in [3.05, 3.63) is 94.5 Å². The molecule has 0 aliphatic carbocycles. The fourth-order valence-electron chi connectivity index (χ4n) is 4.56. The minimum atomic E-state index is -0.412. The number of hydrogen-bond donors (Lipinski definition) is 1. The Bertz CT molecular complexity index is 1490. The van der Waals surface area contributed by atoms with Crippen LogP contribution in [0.15, 0.2) is 83.3 Å². The van der Waals surface area contributed by atoms with E-state index in [1.165, 1.54) is 24.1 Å². The molecule has 2 aromatic heterocycles. The third-order valence-corrected chi connectivity index (χ3v) is 6.47. The maximum atomic E-state index is 10.9. The van der Waals surface area contributed by atoms with Crippen molar-refractivity contribution in [1.29, 1.82) is 0 Å². The lowest BCUT2D eigenvalue weighted by molar-refractivity contribution is -0.384. The van der Waals surface area contributed by atoms with Gasteiger partial charge in [0.1, 0.15) is 17.3 Å². The summed E-state index contributed by atoms with van der Waals surface area (Å²) in [7, 11) is 0. The minimum absolute atomic E-state index is 0.0558. The Morgan fingerprint density at radius 2 is 1.54 bits per heavy atom. The number of H-pyrrole nitrogens is 1. The van der Waals surface area contributed by atoms with Crippen LogP contribution in [0.25, 0.3) is 45.1 Å². The van der Waals surface area contributed by atoms with Crippen molar-refractivity contribution < 1.29 is 14.1 Å². The van der Waals surface area contributed by atoms with Crippen LogP contribution in [0.1, 0.15) is 30.9 Å². The Kier molecular flexibility index (Phi) is 5.39. The minimum Gasteiger partial charge on any atom is -0.456 e. The van der Waals surface area contributed by atoms with Crippen LogP contribution in [0.5, 0.6) is 0 Å². The van der Waals surface area contributed by atoms with Crippen molar-refractivity contribution >= 4 is 16.7 Å². The van der Waals surface area contributed by atoms with Crippen LogP contribution in [0.4, 0.5) is 5.69 Å². The van der Waals surface area contributed by atoms with Crippen LogP contribution in [0.3, 0.4) is 0 Å². The van der Waals surface area contributed by atoms with Gasteiger partial charge in [-0.3, -0.25) is 10.1 Å². The van der Waals surface area contributed by atoms with Gasteiger partial charge in [0.05, 0.1) is 22.1 Å². The molecule has 0 saturated carbocycles. The molecule has 6 rings (SSSR count). The lowest BCUT2D eigenvalue weighted by Gasteiger charge is -2.22. The number of ether oxygens (including phenoxy) is 1. The Balaban J connectivity index is 1.22. The molecule has 1 aliphatic rings. The third kappa shape index (κ3) is 4.22. The quantitative estimate of drug-likeness (QED) is 0.217. The van der Waals surface area contributed by atoms with Crippen molar-refractivity contribution in [2.45, 2.75) is 25.4 Å². The summed E-state index contributed by atoms with van der Waals surface area (Å²) >= 11 is 0. The highest BCUT2D eigenvalue weighted by atomic mass is 16.6. The van der Waals surface area contributed by atoms with Crippen molar-refractivity contribution in [1.82, 2.24) is 9.97 Å². The van der Waals surface area contributed by atoms with Gasteiger partial charge in [-0.05, 0) is 61.2 Å². The number of nitrogens with one attached hydrogen (secondary N) is 1. The number of nitrogens with zero attached hydrogens (tertiary/aromatic N) is 2. The van der Waals surface area contributed by atoms with E-state index in [0.29, 0.717) is 5.76 Å². The number of furan rings is 1. The van der Waals surface area contributed by atoms with Gasteiger partial charge in [-0.25, -0.2) is 4.98 Å². The Labute approximate surface area is 201 Å². The van der Waals surface area contributed by atoms with Crippen LogP contribution in [0, 0.1) is 10.1 Å². The number of aromatic nitrogens is 2. The summed E-state index contributed by atoms with van der Waals surface area (Å²) in [4.78, 5) is 18.7. The summed E-state index contributed by atoms with van der Waals surface area (Å²) in [5.74, 6) is 2.21. The molecule has 0 radical (unpaired) electrons. The average molecular weight is 466 g/mol. The van der Waals surface area contributed by atoms with Gasteiger partial charge in [0.2, 0.25) is 0 Å². The number of fused-ring (bicyclic) bond motifs is 1. The maximum absolute atomic E-state index is 10.9. The van der Waals surface area contributed by atoms with Crippen molar-refractivity contribution in [3.8, 4) is 34.0 Å². The van der Waals surface area contributed by atoms with Crippen LogP contribution >= 0.6 is 0 Å². The zero-order chi connectivity index (χ0) is 23.8. The lowest BCUT2D eigenvalue weighted by atomic mass is 10.0. The highest BCUT2D eigenvalue weighted by Gasteiger charge is 2.17. The van der Waals surface area contributed by atoms with E-state index in [4.69, 9.17) is 14.1 Å². The summed E-state index contributed by atoms with van der Waals surface area (Å²) in [6, 6.07) is 24.5. The summed E-state index contributed by atoms with van der Waals surface area (Å²) < 4.78 is 11.9. The van der Waals surface area contributed by atoms with Crippen molar-refractivity contribution in [2.24, 2.45) is 0 Å². The maximum Gasteiger partial charge on any atom is 0.269 e. The molecule has 1 aliphatic heterocycles. The predicted octanol–water partition coefficient (Wildman–Crippen LogP) is 7.31. The Morgan fingerprint density at radius 3 is 2.20 bits per heavy atom. The largest absolute Gasteiger partial charge is 0.456 e. The summed E-state index contributed by atoms with van der Waals surface area (Å²) in [6.45, 7) is 0.828. The van der Waals surface area contributed by atoms with Gasteiger partial charge < -0.3 is 14.1 Å². The van der Waals surface area contributed by atoms with E-state index in [2.05, 4.69) is 23.2 Å². The van der Waals surface area contributed by atoms with E-state index >= 15 is 0 Å². The van der Waals surface area contributed by atoms with E-state index in [-0.39, 0.29) is 11.8 Å². The van der Waals surface area contributed by atoms with Crippen LogP contribution in [-0.2, 0) is 4.74 Å². The van der Waals surface area contributed by atoms with Gasteiger partial charge >= 0.3 is 0 Å². The highest BCUT2D eigenvalue weighted by Crippen LogP contribution is 2.32. The molecule has 1 atom stereocenters. The van der Waals surface area contributed by atoms with Crippen LogP contribution in [0.2, 0.25) is 0 Å². The zero-order valence-corrected chi connectivity index (χ0v) is 18.9. The van der Waals surface area contributed by atoms with Crippen molar-refractivity contribution in [3.63, 3.8) is 0 Å². The molecule has 0 amide bonds. The first-order valence-corrected chi connectivity index (χ1v) is 11.7. The molecule has 7 heteroatoms. The number of benzene rings is 3. The summed E-state index contributed by atoms with van der Waals surface area (Å²) in [6.07, 6.45) is 3.57. The number of nitro benzene ring substituents is 1. The second-order valence-electron chi connectivity index (χ2n) is 8.76. The molecule has 1 N–H and O–H groups in total. The molecule has 3 aromatic carbocycles. The lowest BCUT2D eigenvalue weighted by Crippen LogP contribution is -2.11. The van der Waals surface area contributed by atoms with Gasteiger partial charge in [-0.15, -0.1) is 0 Å². The fraction of sp³-hybridized carbons (Fsp3) is 0.179. The molecular formula is C28H23N3O4. The molecule has 3 heterocycles. The van der Waals surface area contributed by atoms with Gasteiger partial charge in [-0.1, -0.05) is 30.3 Å². The van der Waals surface area contributed by atoms with Crippen molar-refractivity contribution in [2.75, 3.05) is 6.61 Å². The van der Waals surface area contributed by atoms with E-state index in [1.807, 2.05) is 36.4 Å². The fourth-order valence-corrected chi connectivity index (χ4v) is 4.56. The van der Waals surface area contributed by atoms with Crippen LogP contribution < -0.4 is 0 Å². The molecule has 1 saturated heterocycles. The first-order valence-electron chi connectivity index (χ1n) is 11.7. The SMILES string of the molecule is O=[N+]([O-])c1ccc(-c2ccc(-c3ccc(-c4nc5ccc(C6CCCCO6)cc5[nH]4)cc3)o2)cc1. The smallest absolute Gasteiger partial charge is 0.269 e. The van der Waals surface area contributed by atoms with E-state index in [0.717, 1.165) is 58.8 Å². The second-order valence-corrected chi connectivity index (χ2v) is 8.76. The number of non-ortho nitro benzene ring substituents is 1. The molecular weight excluding hydrogens is 442 g/mol. The molecule has 1 fully saturated rings. The van der Waals surface area contributed by atoms with E-state index in [9.17, 15) is 10.1 Å². The number of rotatable bonds is 5. The number of hydrogen-bond acceptors (Lipinski definition) is 5. The van der Waals surface area contributed by atoms with E-state index < -0.39 is 4.92 Å². The molecule has 35 heavy (non-hydrogen) atoms.